The molecule has 0 aliphatic rings. The van der Waals surface area contributed by atoms with Crippen LogP contribution in [0, 0.1) is 0 Å². The molecule has 1 aromatic heterocycles. The van der Waals surface area contributed by atoms with Crippen LogP contribution in [-0.4, -0.2) is 15.6 Å². The van der Waals surface area contributed by atoms with Gasteiger partial charge in [-0.3, -0.25) is 9.59 Å². The van der Waals surface area contributed by atoms with E-state index in [4.69, 9.17) is 11.6 Å². The number of nitrogens with zero attached hydrogens (tertiary/aromatic N) is 1. The van der Waals surface area contributed by atoms with Crippen molar-refractivity contribution >= 4 is 23.2 Å². The van der Waals surface area contributed by atoms with Crippen molar-refractivity contribution in [3.63, 3.8) is 0 Å². The van der Waals surface area contributed by atoms with Crippen molar-refractivity contribution in [2.75, 3.05) is 5.32 Å². The Morgan fingerprint density at radius 2 is 1.69 bits per heavy atom. The molecule has 5 nitrogen and oxygen atoms in total. The van der Waals surface area contributed by atoms with Crippen LogP contribution >= 0.6 is 11.6 Å². The first-order valence-corrected chi connectivity index (χ1v) is 8.41. The van der Waals surface area contributed by atoms with Crippen molar-refractivity contribution in [2.24, 2.45) is 0 Å². The minimum Gasteiger partial charge on any atom is -0.508 e. The van der Waals surface area contributed by atoms with E-state index in [0.29, 0.717) is 22.8 Å². The van der Waals surface area contributed by atoms with Gasteiger partial charge in [-0.2, -0.15) is 0 Å². The maximum atomic E-state index is 12.2. The van der Waals surface area contributed by atoms with Gasteiger partial charge in [-0.05, 0) is 23.8 Å². The summed E-state index contributed by atoms with van der Waals surface area (Å²) in [6.07, 6.45) is 1.62. The molecular weight excluding hydrogens is 352 g/mol. The van der Waals surface area contributed by atoms with E-state index < -0.39 is 0 Å². The molecule has 2 N–H and O–H groups in total. The molecule has 0 atom stereocenters. The van der Waals surface area contributed by atoms with Crippen LogP contribution in [0.4, 0.5) is 5.69 Å². The summed E-state index contributed by atoms with van der Waals surface area (Å²) >= 11 is 6.15. The molecule has 1 heterocycles. The normalized spacial score (nSPS) is 10.5. The molecule has 0 bridgehead atoms. The number of amides is 1. The van der Waals surface area contributed by atoms with Gasteiger partial charge in [0.2, 0.25) is 5.91 Å². The molecule has 26 heavy (non-hydrogen) atoms. The smallest absolute Gasteiger partial charge is 0.250 e. The number of benzene rings is 2. The Balaban J connectivity index is 1.75. The van der Waals surface area contributed by atoms with E-state index in [0.717, 1.165) is 5.56 Å². The molecular formula is C20H17ClN2O3. The number of phenols is 1. The third kappa shape index (κ3) is 4.32. The zero-order valence-corrected chi connectivity index (χ0v) is 14.6. The molecule has 0 fully saturated rings. The highest BCUT2D eigenvalue weighted by atomic mass is 35.5. The molecule has 0 unspecified atom stereocenters. The number of aromatic nitrogens is 1. The third-order valence-electron chi connectivity index (χ3n) is 3.91. The van der Waals surface area contributed by atoms with Gasteiger partial charge in [-0.25, -0.2) is 0 Å². The van der Waals surface area contributed by atoms with Crippen LogP contribution in [0.15, 0.2) is 71.7 Å². The second-order valence-electron chi connectivity index (χ2n) is 5.83. The van der Waals surface area contributed by atoms with E-state index in [1.165, 1.54) is 16.7 Å². The number of hydrogen-bond donors (Lipinski definition) is 2. The van der Waals surface area contributed by atoms with Gasteiger partial charge in [0, 0.05) is 22.8 Å². The fourth-order valence-electron chi connectivity index (χ4n) is 2.58. The number of anilines is 1. The first-order valence-electron chi connectivity index (χ1n) is 8.03. The minimum absolute atomic E-state index is 0.0380. The van der Waals surface area contributed by atoms with Crippen LogP contribution in [0.25, 0.3) is 0 Å². The van der Waals surface area contributed by atoms with Gasteiger partial charge in [-0.15, -0.1) is 0 Å². The molecule has 0 spiro atoms. The van der Waals surface area contributed by atoms with Crippen LogP contribution in [-0.2, 0) is 17.8 Å². The number of carbonyl (C=O) groups excluding carboxylic acids is 1. The highest BCUT2D eigenvalue weighted by Gasteiger charge is 2.09. The molecule has 3 aromatic rings. The third-order valence-corrected chi connectivity index (χ3v) is 4.28. The molecule has 0 radical (unpaired) electrons. The van der Waals surface area contributed by atoms with Crippen LogP contribution in [0.1, 0.15) is 11.1 Å². The first-order chi connectivity index (χ1) is 12.5. The van der Waals surface area contributed by atoms with Gasteiger partial charge in [0.25, 0.3) is 5.56 Å². The Hall–Kier alpha value is -3.05. The van der Waals surface area contributed by atoms with Gasteiger partial charge in [0.1, 0.15) is 5.75 Å². The van der Waals surface area contributed by atoms with Crippen molar-refractivity contribution in [2.45, 2.75) is 13.0 Å². The molecule has 0 aliphatic carbocycles. The number of halogens is 1. The van der Waals surface area contributed by atoms with Crippen LogP contribution in [0.5, 0.6) is 5.75 Å². The molecule has 1 amide bonds. The van der Waals surface area contributed by atoms with Crippen LogP contribution < -0.4 is 10.9 Å². The van der Waals surface area contributed by atoms with E-state index in [-0.39, 0.29) is 23.6 Å². The van der Waals surface area contributed by atoms with Crippen molar-refractivity contribution in [3.8, 4) is 5.75 Å². The van der Waals surface area contributed by atoms with Crippen molar-refractivity contribution in [1.82, 2.24) is 4.57 Å². The number of para-hydroxylation sites is 1. The molecule has 3 rings (SSSR count). The molecule has 132 valence electrons. The zero-order valence-electron chi connectivity index (χ0n) is 13.9. The summed E-state index contributed by atoms with van der Waals surface area (Å²) in [4.78, 5) is 24.3. The second kappa shape index (κ2) is 7.89. The fourth-order valence-corrected chi connectivity index (χ4v) is 2.77. The molecule has 0 aliphatic heterocycles. The molecule has 2 aromatic carbocycles. The van der Waals surface area contributed by atoms with E-state index in [2.05, 4.69) is 5.32 Å². The largest absolute Gasteiger partial charge is 0.508 e. The minimum atomic E-state index is -0.283. The number of hydrogen-bond acceptors (Lipinski definition) is 3. The molecule has 0 saturated heterocycles. The lowest BCUT2D eigenvalue weighted by atomic mass is 10.1. The summed E-state index contributed by atoms with van der Waals surface area (Å²) in [6.45, 7) is 0.307. The number of nitrogens with one attached hydrogen (secondary N) is 1. The summed E-state index contributed by atoms with van der Waals surface area (Å²) in [5, 5.41) is 13.1. The Kier molecular flexibility index (Phi) is 5.39. The number of pyridine rings is 1. The Morgan fingerprint density at radius 3 is 2.42 bits per heavy atom. The molecule has 0 saturated carbocycles. The number of aromatic hydroxyl groups is 1. The fraction of sp³-hybridized carbons (Fsp3) is 0.100. The standard InChI is InChI=1S/C20H17ClN2O3/c21-17-7-3-1-6-15(17)12-23-13-16(9-10-20(23)26)22-19(25)11-14-5-2-4-8-18(14)24/h1-10,13,24H,11-12H2,(H,22,25). The SMILES string of the molecule is O=C(Cc1ccccc1O)Nc1ccc(=O)n(Cc2ccccc2Cl)c1. The highest BCUT2D eigenvalue weighted by molar-refractivity contribution is 6.31. The summed E-state index contributed by atoms with van der Waals surface area (Å²) in [7, 11) is 0. The van der Waals surface area contributed by atoms with Gasteiger partial charge in [0.05, 0.1) is 18.7 Å². The van der Waals surface area contributed by atoms with E-state index in [1.54, 1.807) is 36.5 Å². The topological polar surface area (TPSA) is 71.3 Å². The Bertz CT molecular complexity index is 998. The Labute approximate surface area is 155 Å². The lowest BCUT2D eigenvalue weighted by molar-refractivity contribution is -0.115. The van der Waals surface area contributed by atoms with Gasteiger partial charge < -0.3 is 15.0 Å². The zero-order chi connectivity index (χ0) is 18.5. The second-order valence-corrected chi connectivity index (χ2v) is 6.24. The van der Waals surface area contributed by atoms with Crippen molar-refractivity contribution in [3.05, 3.63) is 93.4 Å². The highest BCUT2D eigenvalue weighted by Crippen LogP contribution is 2.18. The first kappa shape index (κ1) is 17.8. The van der Waals surface area contributed by atoms with Crippen LogP contribution in [0.2, 0.25) is 5.02 Å². The maximum Gasteiger partial charge on any atom is 0.250 e. The number of carbonyl (C=O) groups is 1. The van der Waals surface area contributed by atoms with Crippen molar-refractivity contribution in [1.29, 1.82) is 0 Å². The average molecular weight is 369 g/mol. The number of rotatable bonds is 5. The lowest BCUT2D eigenvalue weighted by Gasteiger charge is -2.11. The van der Waals surface area contributed by atoms with Crippen molar-refractivity contribution < 1.29 is 9.90 Å². The van der Waals surface area contributed by atoms with E-state index in [1.807, 2.05) is 18.2 Å². The predicted molar refractivity (Wildman–Crippen MR) is 102 cm³/mol. The predicted octanol–water partition coefficient (Wildman–Crippen LogP) is 3.44. The molecule has 6 heteroatoms. The van der Waals surface area contributed by atoms with E-state index >= 15 is 0 Å². The van der Waals surface area contributed by atoms with E-state index in [9.17, 15) is 14.7 Å². The van der Waals surface area contributed by atoms with Gasteiger partial charge in [-0.1, -0.05) is 48.0 Å². The average Bonchev–Trinajstić information content (AvgIpc) is 2.62. The Morgan fingerprint density at radius 1 is 1.00 bits per heavy atom. The van der Waals surface area contributed by atoms with Crippen LogP contribution in [0.3, 0.4) is 0 Å². The van der Waals surface area contributed by atoms with Gasteiger partial charge in [0.15, 0.2) is 0 Å². The monoisotopic (exact) mass is 368 g/mol. The summed E-state index contributed by atoms with van der Waals surface area (Å²) in [5.41, 5.74) is 1.66. The summed E-state index contributed by atoms with van der Waals surface area (Å²) < 4.78 is 1.48. The lowest BCUT2D eigenvalue weighted by Crippen LogP contribution is -2.21. The van der Waals surface area contributed by atoms with Gasteiger partial charge >= 0.3 is 0 Å². The maximum absolute atomic E-state index is 12.2. The number of phenolic OH excluding ortho intramolecular Hbond substituents is 1. The summed E-state index contributed by atoms with van der Waals surface area (Å²) in [5.74, 6) is -0.208. The quantitative estimate of drug-likeness (QED) is 0.724. The summed E-state index contributed by atoms with van der Waals surface area (Å²) in [6, 6.07) is 16.9.